The van der Waals surface area contributed by atoms with Crippen molar-refractivity contribution in [1.29, 1.82) is 0 Å². The molecule has 0 unspecified atom stereocenters. The molecule has 30 heavy (non-hydrogen) atoms. The average Bonchev–Trinajstić information content (AvgIpc) is 3.29. The molecule has 0 aliphatic rings. The molecule has 150 valence electrons. The second kappa shape index (κ2) is 8.80. The summed E-state index contributed by atoms with van der Waals surface area (Å²) in [5.41, 5.74) is 5.11. The van der Waals surface area contributed by atoms with Crippen molar-refractivity contribution in [2.75, 3.05) is 24.8 Å². The molecule has 0 radical (unpaired) electrons. The van der Waals surface area contributed by atoms with Gasteiger partial charge in [-0.1, -0.05) is 42.5 Å². The van der Waals surface area contributed by atoms with E-state index in [1.165, 1.54) is 11.3 Å². The summed E-state index contributed by atoms with van der Waals surface area (Å²) in [4.78, 5) is 17.4. The SMILES string of the molecule is CNc1nc(-c2ccc(OC)c(NC(=O)c3ccc(-c4ccccc4)cc3)c2)cs1. The Bertz CT molecular complexity index is 1150. The molecule has 0 aliphatic heterocycles. The van der Waals surface area contributed by atoms with E-state index in [4.69, 9.17) is 4.74 Å². The second-order valence-corrected chi connectivity index (χ2v) is 7.46. The van der Waals surface area contributed by atoms with Gasteiger partial charge in [-0.05, 0) is 41.5 Å². The third-order valence-electron chi connectivity index (χ3n) is 4.72. The number of ether oxygens (including phenoxy) is 1. The van der Waals surface area contributed by atoms with E-state index in [0.29, 0.717) is 17.0 Å². The van der Waals surface area contributed by atoms with Crippen LogP contribution in [0.1, 0.15) is 10.4 Å². The van der Waals surface area contributed by atoms with Gasteiger partial charge >= 0.3 is 0 Å². The molecule has 1 heterocycles. The van der Waals surface area contributed by atoms with Crippen molar-refractivity contribution in [2.24, 2.45) is 0 Å². The molecule has 0 spiro atoms. The second-order valence-electron chi connectivity index (χ2n) is 6.60. The highest BCUT2D eigenvalue weighted by molar-refractivity contribution is 7.14. The van der Waals surface area contributed by atoms with Gasteiger partial charge in [-0.3, -0.25) is 4.79 Å². The van der Waals surface area contributed by atoms with Gasteiger partial charge in [0.15, 0.2) is 5.13 Å². The predicted octanol–water partition coefficient (Wildman–Crippen LogP) is 5.78. The Balaban J connectivity index is 1.57. The number of nitrogens with one attached hydrogen (secondary N) is 2. The van der Waals surface area contributed by atoms with Gasteiger partial charge in [-0.15, -0.1) is 11.3 Å². The number of hydrogen-bond acceptors (Lipinski definition) is 5. The minimum Gasteiger partial charge on any atom is -0.495 e. The Morgan fingerprint density at radius 1 is 0.933 bits per heavy atom. The van der Waals surface area contributed by atoms with E-state index >= 15 is 0 Å². The smallest absolute Gasteiger partial charge is 0.255 e. The fraction of sp³-hybridized carbons (Fsp3) is 0.0833. The van der Waals surface area contributed by atoms with E-state index in [2.05, 4.69) is 15.6 Å². The number of aromatic nitrogens is 1. The van der Waals surface area contributed by atoms with E-state index in [1.54, 1.807) is 7.11 Å². The van der Waals surface area contributed by atoms with Gasteiger partial charge in [0.25, 0.3) is 5.91 Å². The number of amides is 1. The Kier molecular flexibility index (Phi) is 5.77. The molecule has 2 N–H and O–H groups in total. The minimum atomic E-state index is -0.195. The van der Waals surface area contributed by atoms with Gasteiger partial charge in [0.05, 0.1) is 18.5 Å². The summed E-state index contributed by atoms with van der Waals surface area (Å²) < 4.78 is 5.43. The van der Waals surface area contributed by atoms with Gasteiger partial charge in [0.1, 0.15) is 5.75 Å². The zero-order valence-corrected chi connectivity index (χ0v) is 17.5. The molecule has 0 aliphatic carbocycles. The highest BCUT2D eigenvalue weighted by atomic mass is 32.1. The van der Waals surface area contributed by atoms with E-state index in [1.807, 2.05) is 85.2 Å². The number of anilines is 2. The van der Waals surface area contributed by atoms with Crippen LogP contribution in [-0.4, -0.2) is 25.0 Å². The number of rotatable bonds is 6. The number of nitrogens with zero attached hydrogens (tertiary/aromatic N) is 1. The van der Waals surface area contributed by atoms with Crippen molar-refractivity contribution in [2.45, 2.75) is 0 Å². The molecule has 6 heteroatoms. The highest BCUT2D eigenvalue weighted by Crippen LogP contribution is 2.32. The first-order valence-electron chi connectivity index (χ1n) is 9.46. The maximum absolute atomic E-state index is 12.8. The third kappa shape index (κ3) is 4.18. The van der Waals surface area contributed by atoms with Crippen LogP contribution >= 0.6 is 11.3 Å². The van der Waals surface area contributed by atoms with Crippen molar-refractivity contribution < 1.29 is 9.53 Å². The molecule has 5 nitrogen and oxygen atoms in total. The van der Waals surface area contributed by atoms with Crippen LogP contribution in [0.3, 0.4) is 0 Å². The molecule has 4 aromatic rings. The van der Waals surface area contributed by atoms with E-state index < -0.39 is 0 Å². The summed E-state index contributed by atoms with van der Waals surface area (Å²) in [5, 5.41) is 8.81. The van der Waals surface area contributed by atoms with Crippen LogP contribution in [0.2, 0.25) is 0 Å². The fourth-order valence-corrected chi connectivity index (χ4v) is 3.81. The Labute approximate surface area is 179 Å². The standard InChI is InChI=1S/C24H21N3O2S/c1-25-24-27-21(15-30-24)19-12-13-22(29-2)20(14-19)26-23(28)18-10-8-17(9-11-18)16-6-4-3-5-7-16/h3-15H,1-2H3,(H,25,27)(H,26,28). The van der Waals surface area contributed by atoms with Crippen LogP contribution in [0.5, 0.6) is 5.75 Å². The van der Waals surface area contributed by atoms with Gasteiger partial charge in [-0.2, -0.15) is 0 Å². The summed E-state index contributed by atoms with van der Waals surface area (Å²) >= 11 is 1.53. The van der Waals surface area contributed by atoms with Crippen LogP contribution in [-0.2, 0) is 0 Å². The number of benzene rings is 3. The van der Waals surface area contributed by atoms with Crippen LogP contribution in [0.4, 0.5) is 10.8 Å². The highest BCUT2D eigenvalue weighted by Gasteiger charge is 2.13. The van der Waals surface area contributed by atoms with E-state index in [0.717, 1.165) is 27.5 Å². The van der Waals surface area contributed by atoms with Crippen molar-refractivity contribution in [1.82, 2.24) is 4.98 Å². The lowest BCUT2D eigenvalue weighted by Gasteiger charge is -2.12. The van der Waals surface area contributed by atoms with Crippen LogP contribution < -0.4 is 15.4 Å². The molecule has 0 saturated carbocycles. The zero-order chi connectivity index (χ0) is 20.9. The van der Waals surface area contributed by atoms with Gasteiger partial charge in [-0.25, -0.2) is 4.98 Å². The number of thiazole rings is 1. The molecule has 0 fully saturated rings. The summed E-state index contributed by atoms with van der Waals surface area (Å²) in [6.07, 6.45) is 0. The monoisotopic (exact) mass is 415 g/mol. The first-order chi connectivity index (χ1) is 14.7. The van der Waals surface area contributed by atoms with Crippen molar-refractivity contribution in [3.05, 3.63) is 83.7 Å². The number of carbonyl (C=O) groups is 1. The Hall–Kier alpha value is -3.64. The quantitative estimate of drug-likeness (QED) is 0.419. The van der Waals surface area contributed by atoms with E-state index in [-0.39, 0.29) is 5.91 Å². The molecule has 1 amide bonds. The summed E-state index contributed by atoms with van der Waals surface area (Å²) in [6.45, 7) is 0. The number of methoxy groups -OCH3 is 1. The molecule has 4 rings (SSSR count). The average molecular weight is 416 g/mol. The first-order valence-corrected chi connectivity index (χ1v) is 10.3. The van der Waals surface area contributed by atoms with Gasteiger partial charge in [0, 0.05) is 23.6 Å². The fourth-order valence-electron chi connectivity index (χ4n) is 3.13. The molecule has 0 atom stereocenters. The zero-order valence-electron chi connectivity index (χ0n) is 16.7. The summed E-state index contributed by atoms with van der Waals surface area (Å²) in [7, 11) is 3.42. The normalized spacial score (nSPS) is 10.5. The summed E-state index contributed by atoms with van der Waals surface area (Å²) in [5.74, 6) is 0.399. The molecular weight excluding hydrogens is 394 g/mol. The lowest BCUT2D eigenvalue weighted by molar-refractivity contribution is 0.102. The first kappa shape index (κ1) is 19.7. The lowest BCUT2D eigenvalue weighted by Crippen LogP contribution is -2.12. The lowest BCUT2D eigenvalue weighted by atomic mass is 10.0. The minimum absolute atomic E-state index is 0.195. The number of carbonyl (C=O) groups excluding carboxylic acids is 1. The van der Waals surface area contributed by atoms with Gasteiger partial charge in [0.2, 0.25) is 0 Å². The summed E-state index contributed by atoms with van der Waals surface area (Å²) in [6, 6.07) is 23.3. The largest absolute Gasteiger partial charge is 0.495 e. The van der Waals surface area contributed by atoms with Crippen LogP contribution in [0.25, 0.3) is 22.4 Å². The van der Waals surface area contributed by atoms with E-state index in [9.17, 15) is 4.79 Å². The topological polar surface area (TPSA) is 63.3 Å². The molecule has 3 aromatic carbocycles. The van der Waals surface area contributed by atoms with Crippen molar-refractivity contribution in [3.63, 3.8) is 0 Å². The Morgan fingerprint density at radius 2 is 1.63 bits per heavy atom. The van der Waals surface area contributed by atoms with Crippen LogP contribution in [0, 0.1) is 0 Å². The van der Waals surface area contributed by atoms with Crippen molar-refractivity contribution in [3.8, 4) is 28.1 Å². The predicted molar refractivity (Wildman–Crippen MR) is 123 cm³/mol. The van der Waals surface area contributed by atoms with Gasteiger partial charge < -0.3 is 15.4 Å². The third-order valence-corrected chi connectivity index (χ3v) is 5.58. The maximum atomic E-state index is 12.8. The Morgan fingerprint density at radius 3 is 2.30 bits per heavy atom. The number of hydrogen-bond donors (Lipinski definition) is 2. The van der Waals surface area contributed by atoms with Crippen molar-refractivity contribution >= 4 is 28.1 Å². The molecular formula is C24H21N3O2S. The van der Waals surface area contributed by atoms with Crippen LogP contribution in [0.15, 0.2) is 78.2 Å². The maximum Gasteiger partial charge on any atom is 0.255 e. The molecule has 0 saturated heterocycles. The molecule has 0 bridgehead atoms. The molecule has 1 aromatic heterocycles.